The Labute approximate surface area is 155 Å². The lowest BCUT2D eigenvalue weighted by molar-refractivity contribution is 0.118. The van der Waals surface area contributed by atoms with E-state index in [1.807, 2.05) is 38.1 Å². The summed E-state index contributed by atoms with van der Waals surface area (Å²) in [6, 6.07) is 20.5. The van der Waals surface area contributed by atoms with Crippen molar-refractivity contribution in [2.75, 3.05) is 7.11 Å². The zero-order chi connectivity index (χ0) is 18.5. The Morgan fingerprint density at radius 1 is 0.846 bits per heavy atom. The van der Waals surface area contributed by atoms with Crippen LogP contribution in [0.3, 0.4) is 0 Å². The van der Waals surface area contributed by atoms with E-state index in [4.69, 9.17) is 4.74 Å². The summed E-state index contributed by atoms with van der Waals surface area (Å²) in [6.07, 6.45) is 0. The number of fused-ring (bicyclic) bond motifs is 2. The third kappa shape index (κ3) is 2.22. The van der Waals surface area contributed by atoms with Gasteiger partial charge in [-0.2, -0.15) is 0 Å². The van der Waals surface area contributed by atoms with Crippen LogP contribution in [0.4, 0.5) is 0 Å². The molecule has 0 radical (unpaired) electrons. The zero-order valence-electron chi connectivity index (χ0n) is 15.7. The van der Waals surface area contributed by atoms with Crippen LogP contribution in [0.15, 0.2) is 60.7 Å². The van der Waals surface area contributed by atoms with Gasteiger partial charge in [-0.1, -0.05) is 55.5 Å². The highest BCUT2D eigenvalue weighted by Gasteiger charge is 2.44. The quantitative estimate of drug-likeness (QED) is 0.704. The predicted octanol–water partition coefficient (Wildman–Crippen LogP) is 5.06. The van der Waals surface area contributed by atoms with Gasteiger partial charge in [0.2, 0.25) is 0 Å². The summed E-state index contributed by atoms with van der Waals surface area (Å²) >= 11 is 0. The smallest absolute Gasteiger partial charge is 0.141 e. The third-order valence-electron chi connectivity index (χ3n) is 5.74. The molecule has 2 heteroatoms. The fourth-order valence-electron chi connectivity index (χ4n) is 4.60. The molecule has 0 aromatic heterocycles. The first-order valence-corrected chi connectivity index (χ1v) is 9.05. The van der Waals surface area contributed by atoms with Gasteiger partial charge in [0.05, 0.1) is 7.11 Å². The van der Waals surface area contributed by atoms with E-state index >= 15 is 0 Å². The summed E-state index contributed by atoms with van der Waals surface area (Å²) in [4.78, 5) is 0. The summed E-state index contributed by atoms with van der Waals surface area (Å²) in [7, 11) is 1.68. The molecule has 2 nitrogen and oxygen atoms in total. The summed E-state index contributed by atoms with van der Waals surface area (Å²) in [5.41, 5.74) is 6.16. The molecule has 0 unspecified atom stereocenters. The lowest BCUT2D eigenvalue weighted by Crippen LogP contribution is -2.36. The van der Waals surface area contributed by atoms with E-state index in [9.17, 15) is 5.11 Å². The highest BCUT2D eigenvalue weighted by molar-refractivity contribution is 5.62. The molecule has 0 atom stereocenters. The van der Waals surface area contributed by atoms with Crippen molar-refractivity contribution in [2.24, 2.45) is 0 Å². The Balaban J connectivity index is 2.10. The van der Waals surface area contributed by atoms with E-state index in [0.29, 0.717) is 0 Å². The van der Waals surface area contributed by atoms with Crippen molar-refractivity contribution in [1.29, 1.82) is 0 Å². The van der Waals surface area contributed by atoms with Gasteiger partial charge in [0.1, 0.15) is 11.4 Å². The van der Waals surface area contributed by atoms with Gasteiger partial charge in [0, 0.05) is 5.92 Å². The van der Waals surface area contributed by atoms with Gasteiger partial charge in [-0.25, -0.2) is 0 Å². The van der Waals surface area contributed by atoms with Gasteiger partial charge in [-0.15, -0.1) is 0 Å². The van der Waals surface area contributed by atoms with Crippen molar-refractivity contribution in [3.63, 3.8) is 0 Å². The van der Waals surface area contributed by atoms with Crippen LogP contribution in [0.25, 0.3) is 0 Å². The molecule has 0 spiro atoms. The number of aliphatic hydroxyl groups is 1. The molecule has 1 N–H and O–H groups in total. The molecule has 0 saturated carbocycles. The second kappa shape index (κ2) is 6.00. The number of benzene rings is 3. The van der Waals surface area contributed by atoms with Crippen LogP contribution in [0.1, 0.15) is 51.8 Å². The summed E-state index contributed by atoms with van der Waals surface area (Å²) < 4.78 is 5.43. The molecule has 0 aliphatic heterocycles. The molecule has 0 saturated heterocycles. The Morgan fingerprint density at radius 2 is 1.31 bits per heavy atom. The zero-order valence-corrected chi connectivity index (χ0v) is 15.7. The summed E-state index contributed by atoms with van der Waals surface area (Å²) in [5, 5.41) is 12.2. The summed E-state index contributed by atoms with van der Waals surface area (Å²) in [6.45, 7) is 6.31. The van der Waals surface area contributed by atoms with Crippen molar-refractivity contribution in [2.45, 2.75) is 32.3 Å². The molecule has 1 aliphatic rings. The van der Waals surface area contributed by atoms with Crippen LogP contribution < -0.4 is 4.74 Å². The second-order valence-corrected chi connectivity index (χ2v) is 7.24. The van der Waals surface area contributed by atoms with E-state index in [1.165, 1.54) is 11.1 Å². The molecule has 0 fully saturated rings. The predicted molar refractivity (Wildman–Crippen MR) is 105 cm³/mol. The number of hydrogen-bond donors (Lipinski definition) is 1. The molecule has 4 rings (SSSR count). The van der Waals surface area contributed by atoms with Crippen LogP contribution >= 0.6 is 0 Å². The maximum Gasteiger partial charge on any atom is 0.141 e. The first-order chi connectivity index (χ1) is 12.5. The first-order valence-electron chi connectivity index (χ1n) is 9.05. The molecule has 1 aliphatic carbocycles. The Kier molecular flexibility index (Phi) is 3.89. The highest BCUT2D eigenvalue weighted by Crippen LogP contribution is 2.50. The van der Waals surface area contributed by atoms with Crippen molar-refractivity contribution < 1.29 is 9.84 Å². The molecule has 3 aromatic rings. The summed E-state index contributed by atoms with van der Waals surface area (Å²) in [5.74, 6) is 1.07. The minimum atomic E-state index is -1.17. The molecule has 132 valence electrons. The highest BCUT2D eigenvalue weighted by atomic mass is 16.5. The SMILES string of the molecule is COc1cc(C)c(C2(O)c3ccccc3C(C)c3ccccc32)c(C)c1. The van der Waals surface area contributed by atoms with Gasteiger partial charge < -0.3 is 9.84 Å². The minimum Gasteiger partial charge on any atom is -0.497 e. The van der Waals surface area contributed by atoms with Crippen molar-refractivity contribution in [3.05, 3.63) is 99.6 Å². The Morgan fingerprint density at radius 3 is 1.77 bits per heavy atom. The average molecular weight is 344 g/mol. The topological polar surface area (TPSA) is 29.5 Å². The lowest BCUT2D eigenvalue weighted by atomic mass is 9.66. The third-order valence-corrected chi connectivity index (χ3v) is 5.74. The van der Waals surface area contributed by atoms with Crippen molar-refractivity contribution in [3.8, 4) is 5.75 Å². The van der Waals surface area contributed by atoms with Gasteiger partial charge in [0.25, 0.3) is 0 Å². The van der Waals surface area contributed by atoms with E-state index in [0.717, 1.165) is 33.6 Å². The molecule has 26 heavy (non-hydrogen) atoms. The average Bonchev–Trinajstić information content (AvgIpc) is 2.65. The molecular weight excluding hydrogens is 320 g/mol. The van der Waals surface area contributed by atoms with E-state index in [1.54, 1.807) is 7.11 Å². The van der Waals surface area contributed by atoms with Crippen molar-refractivity contribution >= 4 is 0 Å². The largest absolute Gasteiger partial charge is 0.497 e. The Bertz CT molecular complexity index is 917. The number of rotatable bonds is 2. The molecule has 3 aromatic carbocycles. The molecule has 0 amide bonds. The number of aryl methyl sites for hydroxylation is 2. The van der Waals surface area contributed by atoms with Crippen LogP contribution in [0.2, 0.25) is 0 Å². The molecule has 0 heterocycles. The first kappa shape index (κ1) is 16.9. The normalized spacial score (nSPS) is 21.0. The fourth-order valence-corrected chi connectivity index (χ4v) is 4.60. The van der Waals surface area contributed by atoms with E-state index in [-0.39, 0.29) is 5.92 Å². The monoisotopic (exact) mass is 344 g/mol. The fraction of sp³-hybridized carbons (Fsp3) is 0.250. The van der Waals surface area contributed by atoms with Crippen LogP contribution in [-0.2, 0) is 5.60 Å². The van der Waals surface area contributed by atoms with Crippen LogP contribution in [0, 0.1) is 13.8 Å². The van der Waals surface area contributed by atoms with E-state index in [2.05, 4.69) is 43.3 Å². The van der Waals surface area contributed by atoms with Gasteiger partial charge in [-0.3, -0.25) is 0 Å². The second-order valence-electron chi connectivity index (χ2n) is 7.24. The van der Waals surface area contributed by atoms with Crippen LogP contribution in [0.5, 0.6) is 5.75 Å². The molecular formula is C24H24O2. The Hall–Kier alpha value is -2.58. The minimum absolute atomic E-state index is 0.251. The number of hydrogen-bond acceptors (Lipinski definition) is 2. The number of methoxy groups -OCH3 is 1. The maximum atomic E-state index is 12.2. The standard InChI is InChI=1S/C24H24O2/c1-15-13-18(26-4)14-16(2)23(15)24(25)21-11-7-5-9-19(21)17(3)20-10-6-8-12-22(20)24/h5-14,17,25H,1-4H3. The number of ether oxygens (including phenoxy) is 1. The lowest BCUT2D eigenvalue weighted by Gasteiger charge is -2.41. The molecule has 0 bridgehead atoms. The van der Waals surface area contributed by atoms with Gasteiger partial charge in [0.15, 0.2) is 0 Å². The van der Waals surface area contributed by atoms with Crippen LogP contribution in [-0.4, -0.2) is 12.2 Å². The van der Waals surface area contributed by atoms with E-state index < -0.39 is 5.60 Å². The van der Waals surface area contributed by atoms with Gasteiger partial charge in [-0.05, 0) is 64.9 Å². The van der Waals surface area contributed by atoms with Gasteiger partial charge >= 0.3 is 0 Å². The van der Waals surface area contributed by atoms with Crippen molar-refractivity contribution in [1.82, 2.24) is 0 Å². The maximum absolute atomic E-state index is 12.2.